The number of rotatable bonds is 2. The van der Waals surface area contributed by atoms with E-state index >= 15 is 0 Å². The molecule has 152 valence electrons. The summed E-state index contributed by atoms with van der Waals surface area (Å²) >= 11 is 0. The van der Waals surface area contributed by atoms with Gasteiger partial charge in [0.1, 0.15) is 0 Å². The third-order valence-corrected chi connectivity index (χ3v) is 8.82. The number of fused-ring (bicyclic) bond motifs is 2. The van der Waals surface area contributed by atoms with Crippen molar-refractivity contribution in [1.29, 1.82) is 0 Å². The van der Waals surface area contributed by atoms with E-state index in [9.17, 15) is 18.0 Å². The van der Waals surface area contributed by atoms with Gasteiger partial charge in [0.25, 0.3) is 0 Å². The summed E-state index contributed by atoms with van der Waals surface area (Å²) < 4.78 is 41.9. The molecular formula is C21H31F3N2O. The maximum Gasteiger partial charge on any atom is 0.394 e. The van der Waals surface area contributed by atoms with E-state index in [0.29, 0.717) is 24.7 Å². The number of hydrogen-bond donors (Lipinski definition) is 2. The fourth-order valence-corrected chi connectivity index (χ4v) is 8.19. The SMILES string of the molecule is NC1CC2CCCC(C1)C2NC(=O)C12CC3CC(C1)CC(C(F)(F)F)(C3)C2. The van der Waals surface area contributed by atoms with E-state index in [1.54, 1.807) is 0 Å². The van der Waals surface area contributed by atoms with Gasteiger partial charge in [-0.3, -0.25) is 4.79 Å². The van der Waals surface area contributed by atoms with Crippen molar-refractivity contribution < 1.29 is 18.0 Å². The monoisotopic (exact) mass is 384 g/mol. The van der Waals surface area contributed by atoms with Crippen molar-refractivity contribution in [3.63, 3.8) is 0 Å². The number of carbonyl (C=O) groups is 1. The van der Waals surface area contributed by atoms with Crippen molar-refractivity contribution in [2.24, 2.45) is 40.2 Å². The molecule has 6 rings (SSSR count). The first-order valence-corrected chi connectivity index (χ1v) is 10.8. The number of carbonyl (C=O) groups excluding carboxylic acids is 1. The summed E-state index contributed by atoms with van der Waals surface area (Å²) in [5.41, 5.74) is 3.80. The average molecular weight is 384 g/mol. The van der Waals surface area contributed by atoms with Crippen molar-refractivity contribution >= 4 is 5.91 Å². The molecule has 0 saturated heterocycles. The predicted molar refractivity (Wildman–Crippen MR) is 95.6 cm³/mol. The van der Waals surface area contributed by atoms with Gasteiger partial charge in [0.15, 0.2) is 0 Å². The Labute approximate surface area is 159 Å². The predicted octanol–water partition coefficient (Wildman–Crippen LogP) is 4.16. The smallest absolute Gasteiger partial charge is 0.352 e. The summed E-state index contributed by atoms with van der Waals surface area (Å²) in [7, 11) is 0. The van der Waals surface area contributed by atoms with Gasteiger partial charge in [-0.25, -0.2) is 0 Å². The van der Waals surface area contributed by atoms with Gasteiger partial charge in [0.05, 0.1) is 10.8 Å². The molecule has 0 radical (unpaired) electrons. The van der Waals surface area contributed by atoms with Crippen LogP contribution >= 0.6 is 0 Å². The summed E-state index contributed by atoms with van der Waals surface area (Å²) in [5.74, 6) is 0.877. The highest BCUT2D eigenvalue weighted by atomic mass is 19.4. The Kier molecular flexibility index (Phi) is 3.97. The fraction of sp³-hybridized carbons (Fsp3) is 0.952. The standard InChI is InChI=1S/C21H31F3N2O/c22-21(23,24)20-9-12-4-13(10-20)8-19(7-12,11-20)18(27)26-17-14-2-1-3-15(17)6-16(25)5-14/h12-17H,1-11,25H2,(H,26,27). The number of nitrogens with one attached hydrogen (secondary N) is 1. The van der Waals surface area contributed by atoms with E-state index in [4.69, 9.17) is 5.73 Å². The zero-order valence-corrected chi connectivity index (χ0v) is 15.9. The van der Waals surface area contributed by atoms with Gasteiger partial charge < -0.3 is 11.1 Å². The maximum absolute atomic E-state index is 14.0. The molecule has 1 amide bonds. The molecule has 0 aliphatic heterocycles. The van der Waals surface area contributed by atoms with Crippen molar-refractivity contribution in [3.8, 4) is 0 Å². The number of nitrogens with two attached hydrogens (primary N) is 1. The second kappa shape index (κ2) is 5.87. The third-order valence-electron chi connectivity index (χ3n) is 8.82. The molecule has 3 nitrogen and oxygen atoms in total. The molecular weight excluding hydrogens is 353 g/mol. The Morgan fingerprint density at radius 1 is 0.963 bits per heavy atom. The van der Waals surface area contributed by atoms with Crippen LogP contribution in [0.2, 0.25) is 0 Å². The average Bonchev–Trinajstić information content (AvgIpc) is 2.53. The van der Waals surface area contributed by atoms with Crippen LogP contribution in [0.25, 0.3) is 0 Å². The lowest BCUT2D eigenvalue weighted by Crippen LogP contribution is -2.63. The molecule has 6 fully saturated rings. The lowest BCUT2D eigenvalue weighted by molar-refractivity contribution is -0.283. The molecule has 0 aromatic heterocycles. The molecule has 6 aliphatic rings. The molecule has 0 heterocycles. The van der Waals surface area contributed by atoms with Gasteiger partial charge in [-0.1, -0.05) is 6.42 Å². The molecule has 6 aliphatic carbocycles. The minimum atomic E-state index is -4.19. The number of halogens is 3. The van der Waals surface area contributed by atoms with Gasteiger partial charge in [0.2, 0.25) is 5.91 Å². The van der Waals surface area contributed by atoms with Crippen molar-refractivity contribution in [2.75, 3.05) is 0 Å². The second-order valence-electron chi connectivity index (χ2n) is 10.7. The van der Waals surface area contributed by atoms with Crippen LogP contribution in [0, 0.1) is 34.5 Å². The molecule has 27 heavy (non-hydrogen) atoms. The first-order chi connectivity index (χ1) is 12.7. The van der Waals surface area contributed by atoms with Crippen molar-refractivity contribution in [1.82, 2.24) is 5.32 Å². The van der Waals surface area contributed by atoms with Crippen LogP contribution in [-0.4, -0.2) is 24.2 Å². The van der Waals surface area contributed by atoms with Gasteiger partial charge in [0, 0.05) is 12.1 Å². The quantitative estimate of drug-likeness (QED) is 0.751. The molecule has 6 saturated carbocycles. The third kappa shape index (κ3) is 2.76. The van der Waals surface area contributed by atoms with Crippen molar-refractivity contribution in [2.45, 2.75) is 88.9 Å². The van der Waals surface area contributed by atoms with Crippen LogP contribution in [-0.2, 0) is 4.79 Å². The summed E-state index contributed by atoms with van der Waals surface area (Å²) in [6, 6.07) is 0.336. The first-order valence-electron chi connectivity index (χ1n) is 10.8. The zero-order chi connectivity index (χ0) is 19.0. The lowest BCUT2D eigenvalue weighted by Gasteiger charge is -2.61. The molecule has 0 aromatic carbocycles. The molecule has 6 heteroatoms. The minimum Gasteiger partial charge on any atom is -0.352 e. The Balaban J connectivity index is 1.39. The van der Waals surface area contributed by atoms with E-state index in [0.717, 1.165) is 32.1 Å². The van der Waals surface area contributed by atoms with E-state index in [1.165, 1.54) is 6.42 Å². The van der Waals surface area contributed by atoms with Crippen LogP contribution in [0.5, 0.6) is 0 Å². The number of amides is 1. The van der Waals surface area contributed by atoms with Gasteiger partial charge >= 0.3 is 6.18 Å². The summed E-state index contributed by atoms with van der Waals surface area (Å²) in [5, 5.41) is 3.31. The lowest BCUT2D eigenvalue weighted by atomic mass is 9.43. The van der Waals surface area contributed by atoms with Crippen LogP contribution in [0.3, 0.4) is 0 Å². The van der Waals surface area contributed by atoms with E-state index < -0.39 is 17.0 Å². The van der Waals surface area contributed by atoms with Gasteiger partial charge in [-0.05, 0) is 87.9 Å². The molecule has 4 atom stereocenters. The summed E-state index contributed by atoms with van der Waals surface area (Å²) in [4.78, 5) is 13.4. The molecule has 4 unspecified atom stereocenters. The molecule has 3 N–H and O–H groups in total. The van der Waals surface area contributed by atoms with Crippen LogP contribution in [0.1, 0.15) is 70.6 Å². The number of alkyl halides is 3. The Morgan fingerprint density at radius 2 is 1.56 bits per heavy atom. The fourth-order valence-electron chi connectivity index (χ4n) is 8.19. The van der Waals surface area contributed by atoms with E-state index in [2.05, 4.69) is 5.32 Å². The van der Waals surface area contributed by atoms with Gasteiger partial charge in [-0.15, -0.1) is 0 Å². The van der Waals surface area contributed by atoms with E-state index in [1.807, 2.05) is 0 Å². The maximum atomic E-state index is 14.0. The Morgan fingerprint density at radius 3 is 2.11 bits per heavy atom. The first kappa shape index (κ1) is 18.3. The van der Waals surface area contributed by atoms with Crippen molar-refractivity contribution in [3.05, 3.63) is 0 Å². The highest BCUT2D eigenvalue weighted by Gasteiger charge is 2.69. The summed E-state index contributed by atoms with van der Waals surface area (Å²) in [6.45, 7) is 0. The molecule has 0 spiro atoms. The normalized spacial score (nSPS) is 51.3. The largest absolute Gasteiger partial charge is 0.394 e. The van der Waals surface area contributed by atoms with Crippen LogP contribution in [0.4, 0.5) is 13.2 Å². The highest BCUT2D eigenvalue weighted by Crippen LogP contribution is 2.69. The van der Waals surface area contributed by atoms with Crippen LogP contribution in [0.15, 0.2) is 0 Å². The highest BCUT2D eigenvalue weighted by molar-refractivity contribution is 5.83. The molecule has 0 aromatic rings. The Hall–Kier alpha value is -0.780. The molecule has 6 bridgehead atoms. The van der Waals surface area contributed by atoms with E-state index in [-0.39, 0.29) is 49.1 Å². The topological polar surface area (TPSA) is 55.1 Å². The summed E-state index contributed by atoms with van der Waals surface area (Å²) in [6.07, 6.45) is 3.74. The Bertz CT molecular complexity index is 605. The van der Waals surface area contributed by atoms with Gasteiger partial charge in [-0.2, -0.15) is 13.2 Å². The zero-order valence-electron chi connectivity index (χ0n) is 15.9. The number of hydrogen-bond acceptors (Lipinski definition) is 2. The van der Waals surface area contributed by atoms with Crippen LogP contribution < -0.4 is 11.1 Å². The second-order valence-corrected chi connectivity index (χ2v) is 10.7. The minimum absolute atomic E-state index is 0.0178.